The molecule has 97 heavy (non-hydrogen) atoms. The summed E-state index contributed by atoms with van der Waals surface area (Å²) in [5.41, 5.74) is 14.3. The molecule has 4 nitrogen and oxygen atoms in total. The van der Waals surface area contributed by atoms with Crippen molar-refractivity contribution in [2.75, 3.05) is 4.90 Å². The first-order chi connectivity index (χ1) is 47.7. The molecule has 1 saturated heterocycles. The molecule has 492 valence electrons. The smallest absolute Gasteiger partial charge is 0.123 e. The Morgan fingerprint density at radius 3 is 2.09 bits per heavy atom. The lowest BCUT2D eigenvalue weighted by Crippen LogP contribution is -2.47. The van der Waals surface area contributed by atoms with E-state index in [2.05, 4.69) is 235 Å². The highest BCUT2D eigenvalue weighted by molar-refractivity contribution is 8.01. The summed E-state index contributed by atoms with van der Waals surface area (Å²) in [4.78, 5) is 4.94. The van der Waals surface area contributed by atoms with Crippen molar-refractivity contribution in [2.24, 2.45) is 64.6 Å². The van der Waals surface area contributed by atoms with Gasteiger partial charge in [0.2, 0.25) is 0 Å². The third-order valence-electron chi connectivity index (χ3n) is 24.7. The zero-order chi connectivity index (χ0) is 65.2. The first kappa shape index (κ1) is 62.4. The fraction of sp³-hybridized carbons (Fsp3) is 0.356. The lowest BCUT2D eigenvalue weighted by Gasteiger charge is -2.53. The third-order valence-corrected chi connectivity index (χ3v) is 26.3. The molecule has 2 aromatic rings. The maximum absolute atomic E-state index is 15.4. The Morgan fingerprint density at radius 2 is 1.37 bits per heavy atom. The van der Waals surface area contributed by atoms with Crippen molar-refractivity contribution < 1.29 is 18.3 Å². The number of nitrogens with zero attached hydrogens (tertiary/aromatic N) is 2. The van der Waals surface area contributed by atoms with Gasteiger partial charge in [0.05, 0.1) is 5.41 Å². The van der Waals surface area contributed by atoms with Gasteiger partial charge in [-0.2, -0.15) is 0 Å². The highest BCUT2D eigenvalue weighted by atomic mass is 32.2. The number of allylic oxidation sites excluding steroid dienone is 35. The van der Waals surface area contributed by atoms with Crippen molar-refractivity contribution in [3.63, 3.8) is 0 Å². The minimum Gasteiger partial charge on any atom is -0.486 e. The number of hydrogen-bond acceptors (Lipinski definition) is 5. The molecule has 2 aromatic carbocycles. The SMILES string of the molecule is C=CC1C=CC(OC2C=CC(C3(C4=CC=CCC4)C4=C(C=CCC4)c4ccc(N(C5=CC6C(C=C5)SC5C=CC(N(C7=CC8C(C=C7)C7C=CCCC7C8(C7C=CC(OC8=CCC(C=C)CC8)=CC7)C7CC=CCC7)C7=CC=C(F)CC7)=CC56)c5ccc(F)cc5)cc43)=CC2)=CC1. The van der Waals surface area contributed by atoms with Crippen LogP contribution in [0.5, 0.6) is 0 Å². The van der Waals surface area contributed by atoms with Crippen LogP contribution in [0, 0.1) is 70.4 Å². The Balaban J connectivity index is 0.730. The van der Waals surface area contributed by atoms with Gasteiger partial charge in [-0.05, 0) is 274 Å². The quantitative estimate of drug-likeness (QED) is 0.156. The lowest BCUT2D eigenvalue weighted by molar-refractivity contribution is -0.00317. The van der Waals surface area contributed by atoms with Crippen LogP contribution in [0.15, 0.2) is 313 Å². The normalized spacial score (nSPS) is 34.6. The first-order valence-corrected chi connectivity index (χ1v) is 37.6. The topological polar surface area (TPSA) is 24.9 Å². The summed E-state index contributed by atoms with van der Waals surface area (Å²) < 4.78 is 44.0. The van der Waals surface area contributed by atoms with E-state index >= 15 is 8.78 Å². The highest BCUT2D eigenvalue weighted by Crippen LogP contribution is 2.70. The molecule has 15 unspecified atom stereocenters. The molecule has 1 aliphatic heterocycles. The zero-order valence-corrected chi connectivity index (χ0v) is 56.6. The minimum atomic E-state index is -0.473. The van der Waals surface area contributed by atoms with Crippen LogP contribution in [0.3, 0.4) is 0 Å². The Kier molecular flexibility index (Phi) is 16.9. The van der Waals surface area contributed by atoms with Crippen LogP contribution in [-0.4, -0.2) is 21.5 Å². The number of fused-ring (bicyclic) bond motifs is 8. The summed E-state index contributed by atoms with van der Waals surface area (Å²) in [6, 6.07) is 14.3. The number of anilines is 2. The van der Waals surface area contributed by atoms with Gasteiger partial charge in [0.15, 0.2) is 0 Å². The maximum atomic E-state index is 15.4. The molecule has 14 aliphatic carbocycles. The monoisotopic (exact) mass is 1300 g/mol. The van der Waals surface area contributed by atoms with Gasteiger partial charge < -0.3 is 19.3 Å². The van der Waals surface area contributed by atoms with Gasteiger partial charge in [-0.3, -0.25) is 0 Å². The van der Waals surface area contributed by atoms with Gasteiger partial charge in [-0.15, -0.1) is 24.9 Å². The molecule has 7 heteroatoms. The average molecular weight is 1300 g/mol. The molecule has 15 aliphatic rings. The molecule has 0 bridgehead atoms. The maximum Gasteiger partial charge on any atom is 0.123 e. The van der Waals surface area contributed by atoms with Crippen LogP contribution in [0.1, 0.15) is 120 Å². The van der Waals surface area contributed by atoms with E-state index in [1.165, 1.54) is 57.7 Å². The summed E-state index contributed by atoms with van der Waals surface area (Å²) >= 11 is 2.06. The van der Waals surface area contributed by atoms with Gasteiger partial charge in [0, 0.05) is 75.8 Å². The molecule has 1 saturated carbocycles. The Morgan fingerprint density at radius 1 is 0.567 bits per heavy atom. The van der Waals surface area contributed by atoms with Crippen molar-refractivity contribution in [3.8, 4) is 0 Å². The van der Waals surface area contributed by atoms with E-state index in [-0.39, 0.29) is 45.5 Å². The van der Waals surface area contributed by atoms with Gasteiger partial charge in [-0.1, -0.05) is 139 Å². The van der Waals surface area contributed by atoms with E-state index in [4.69, 9.17) is 9.47 Å². The summed E-state index contributed by atoms with van der Waals surface area (Å²) in [6.45, 7) is 8.09. The van der Waals surface area contributed by atoms with Gasteiger partial charge in [0.25, 0.3) is 0 Å². The highest BCUT2D eigenvalue weighted by Gasteiger charge is 2.64. The molecular weight excluding hydrogens is 1210 g/mol. The molecule has 17 rings (SSSR count). The molecule has 0 amide bonds. The minimum absolute atomic E-state index is 0.0185. The number of hydrogen-bond donors (Lipinski definition) is 0. The molecule has 0 aromatic heterocycles. The third kappa shape index (κ3) is 11.1. The Labute approximate surface area is 578 Å². The summed E-state index contributed by atoms with van der Waals surface area (Å²) in [7, 11) is 0. The van der Waals surface area contributed by atoms with Crippen LogP contribution in [0.2, 0.25) is 0 Å². The fourth-order valence-corrected chi connectivity index (χ4v) is 21.9. The Bertz CT molecular complexity index is 4260. The first-order valence-electron chi connectivity index (χ1n) is 36.7. The largest absolute Gasteiger partial charge is 0.486 e. The molecule has 15 atom stereocenters. The van der Waals surface area contributed by atoms with E-state index in [1.54, 1.807) is 18.2 Å². The lowest BCUT2D eigenvalue weighted by atomic mass is 9.51. The Hall–Kier alpha value is -8.13. The zero-order valence-electron chi connectivity index (χ0n) is 55.8. The second-order valence-electron chi connectivity index (χ2n) is 29.6. The van der Waals surface area contributed by atoms with Crippen LogP contribution < -0.4 is 4.90 Å². The summed E-state index contributed by atoms with van der Waals surface area (Å²) in [6.07, 6.45) is 91.8. The van der Waals surface area contributed by atoms with E-state index in [9.17, 15) is 0 Å². The summed E-state index contributed by atoms with van der Waals surface area (Å²) in [5, 5.41) is 0.518. The molecule has 1 heterocycles. The van der Waals surface area contributed by atoms with Gasteiger partial charge in [0.1, 0.15) is 35.0 Å². The molecule has 0 radical (unpaired) electrons. The number of halogens is 2. The van der Waals surface area contributed by atoms with Crippen LogP contribution in [-0.2, 0) is 14.9 Å². The van der Waals surface area contributed by atoms with Gasteiger partial charge >= 0.3 is 0 Å². The van der Waals surface area contributed by atoms with Crippen LogP contribution in [0.25, 0.3) is 5.57 Å². The van der Waals surface area contributed by atoms with Crippen LogP contribution in [0.4, 0.5) is 20.2 Å². The number of rotatable bonds is 16. The second kappa shape index (κ2) is 26.3. The molecule has 0 spiro atoms. The van der Waals surface area contributed by atoms with Crippen LogP contribution >= 0.6 is 11.8 Å². The van der Waals surface area contributed by atoms with Crippen molar-refractivity contribution in [1.82, 2.24) is 4.90 Å². The molecular formula is C90H90F2N2O2S. The fourth-order valence-electron chi connectivity index (χ4n) is 20.3. The van der Waals surface area contributed by atoms with E-state index in [0.29, 0.717) is 60.2 Å². The van der Waals surface area contributed by atoms with Gasteiger partial charge in [-0.25, -0.2) is 8.78 Å². The van der Waals surface area contributed by atoms with E-state index in [1.807, 2.05) is 18.2 Å². The van der Waals surface area contributed by atoms with E-state index in [0.717, 1.165) is 124 Å². The number of benzene rings is 2. The predicted molar refractivity (Wildman–Crippen MR) is 396 cm³/mol. The molecule has 0 N–H and O–H groups in total. The van der Waals surface area contributed by atoms with Crippen molar-refractivity contribution in [3.05, 3.63) is 330 Å². The summed E-state index contributed by atoms with van der Waals surface area (Å²) in [5.74, 6) is 6.50. The molecule has 2 fully saturated rings. The van der Waals surface area contributed by atoms with Crippen molar-refractivity contribution in [1.29, 1.82) is 0 Å². The number of thioether (sulfide) groups is 1. The van der Waals surface area contributed by atoms with Crippen molar-refractivity contribution in [2.45, 2.75) is 131 Å². The average Bonchev–Trinajstić information content (AvgIpc) is 1.56. The van der Waals surface area contributed by atoms with E-state index < -0.39 is 5.41 Å². The second-order valence-corrected chi connectivity index (χ2v) is 31.0. The predicted octanol–water partition coefficient (Wildman–Crippen LogP) is 22.9. The van der Waals surface area contributed by atoms with Crippen molar-refractivity contribution >= 4 is 28.7 Å². The number of ether oxygens (including phenoxy) is 2. The standard InChI is InChI=1S/C90H90F2N2O2S/c1-3-59-23-43-73(44-24-59)95-75-47-27-63(28-48-75)89(61-15-7-5-8-16-61)83-21-13-11-19-77(83)79-51-39-71(57-85(79)89)93(67-35-31-65(91)32-36-67)69-41-53-87-81(55-69)82-56-70(42-54-88(82)97-87)94(68-37-33-66(92)34-38-68)72-40-52-80-78-20-12-14-22-84(78)90(86(80)58-72,62-17-9-6-10-18-62)64-29-49-76(50-30-64)96-74-45-25-60(4-2)26-46-74/h3-7,9,11-12,15,19-20,23,27-29,31-33,35-37,39-45,47,49-60,62,64,75,78,80-82,84,86-88H,1-2,8,10,13-14,16-18,21-22,24-26,30,34,38,46,48H2.